The molecule has 26 heavy (non-hydrogen) atoms. The third-order valence-corrected chi connectivity index (χ3v) is 4.01. The zero-order valence-corrected chi connectivity index (χ0v) is 13.3. The van der Waals surface area contributed by atoms with Crippen molar-refractivity contribution in [3.8, 4) is 22.8 Å². The molecule has 0 spiro atoms. The number of hydrogen-bond donors (Lipinski definition) is 1. The second kappa shape index (κ2) is 5.94. The van der Waals surface area contributed by atoms with Crippen molar-refractivity contribution in [2.45, 2.75) is 12.7 Å². The second-order valence-corrected chi connectivity index (χ2v) is 5.70. The van der Waals surface area contributed by atoms with Gasteiger partial charge in [0.1, 0.15) is 11.4 Å². The minimum Gasteiger partial charge on any atom is -0.349 e. The van der Waals surface area contributed by atoms with Crippen LogP contribution in [0.1, 0.15) is 16.1 Å². The van der Waals surface area contributed by atoms with E-state index in [2.05, 4.69) is 20.4 Å². The van der Waals surface area contributed by atoms with E-state index < -0.39 is 11.7 Å². The Labute approximate surface area is 145 Å². The van der Waals surface area contributed by atoms with Crippen molar-refractivity contribution < 1.29 is 18.0 Å². The number of hydrogen-bond acceptors (Lipinski definition) is 4. The smallest absolute Gasteiger partial charge is 0.349 e. The van der Waals surface area contributed by atoms with E-state index in [9.17, 15) is 18.0 Å². The molecule has 4 rings (SSSR count). The number of nitrogens with zero attached hydrogens (tertiary/aromatic N) is 4. The molecule has 0 unspecified atom stereocenters. The van der Waals surface area contributed by atoms with Crippen LogP contribution in [0, 0.1) is 0 Å². The molecule has 1 N–H and O–H groups in total. The van der Waals surface area contributed by atoms with Gasteiger partial charge in [0.05, 0.1) is 17.8 Å². The first-order valence-electron chi connectivity index (χ1n) is 7.79. The SMILES string of the molecule is O=C1NCCn2nc(-c3ccnc(-c4ccccc4C(F)(F)F)n3)cc21. The van der Waals surface area contributed by atoms with Gasteiger partial charge < -0.3 is 5.32 Å². The standard InChI is InChI=1S/C17H12F3N5O/c18-17(19,20)11-4-2-1-3-10(11)15-21-6-5-12(23-15)13-9-14-16(26)22-7-8-25(14)24-13/h1-6,9H,7-8H2,(H,22,26). The normalized spacial score (nSPS) is 14.0. The van der Waals surface area contributed by atoms with Gasteiger partial charge in [-0.1, -0.05) is 18.2 Å². The third-order valence-electron chi connectivity index (χ3n) is 4.01. The maximum atomic E-state index is 13.2. The summed E-state index contributed by atoms with van der Waals surface area (Å²) in [4.78, 5) is 20.1. The van der Waals surface area contributed by atoms with E-state index in [0.29, 0.717) is 30.2 Å². The Morgan fingerprint density at radius 3 is 2.69 bits per heavy atom. The summed E-state index contributed by atoms with van der Waals surface area (Å²) in [5.41, 5.74) is 0.234. The van der Waals surface area contributed by atoms with Crippen molar-refractivity contribution in [1.82, 2.24) is 25.1 Å². The molecule has 2 aromatic heterocycles. The molecule has 1 aliphatic rings. The van der Waals surface area contributed by atoms with Crippen LogP contribution in [0.25, 0.3) is 22.8 Å². The summed E-state index contributed by atoms with van der Waals surface area (Å²) in [6.07, 6.45) is -3.13. The lowest BCUT2D eigenvalue weighted by Gasteiger charge is -2.13. The first-order chi connectivity index (χ1) is 12.4. The highest BCUT2D eigenvalue weighted by atomic mass is 19.4. The van der Waals surface area contributed by atoms with Crippen LogP contribution in [-0.4, -0.2) is 32.2 Å². The number of benzene rings is 1. The van der Waals surface area contributed by atoms with Crippen LogP contribution >= 0.6 is 0 Å². The molecule has 0 fully saturated rings. The molecule has 0 saturated carbocycles. The number of rotatable bonds is 2. The Bertz CT molecular complexity index is 996. The minimum absolute atomic E-state index is 0.0501. The van der Waals surface area contributed by atoms with Crippen LogP contribution in [0.4, 0.5) is 13.2 Å². The molecule has 0 bridgehead atoms. The lowest BCUT2D eigenvalue weighted by atomic mass is 10.1. The van der Waals surface area contributed by atoms with Crippen LogP contribution in [0.5, 0.6) is 0 Å². The molecule has 0 radical (unpaired) electrons. The maximum Gasteiger partial charge on any atom is 0.417 e. The van der Waals surface area contributed by atoms with Gasteiger partial charge in [0, 0.05) is 18.3 Å². The van der Waals surface area contributed by atoms with E-state index >= 15 is 0 Å². The van der Waals surface area contributed by atoms with Crippen molar-refractivity contribution in [2.75, 3.05) is 6.54 Å². The van der Waals surface area contributed by atoms with Crippen molar-refractivity contribution in [3.05, 3.63) is 53.9 Å². The van der Waals surface area contributed by atoms with Crippen LogP contribution < -0.4 is 5.32 Å². The van der Waals surface area contributed by atoms with Crippen LogP contribution in [0.3, 0.4) is 0 Å². The molecule has 0 atom stereocenters. The van der Waals surface area contributed by atoms with Crippen molar-refractivity contribution in [1.29, 1.82) is 0 Å². The number of fused-ring (bicyclic) bond motifs is 1. The summed E-state index contributed by atoms with van der Waals surface area (Å²) < 4.78 is 41.3. The summed E-state index contributed by atoms with van der Waals surface area (Å²) in [6, 6.07) is 8.25. The summed E-state index contributed by atoms with van der Waals surface area (Å²) in [6.45, 7) is 0.997. The fraction of sp³-hybridized carbons (Fsp3) is 0.176. The van der Waals surface area contributed by atoms with Crippen molar-refractivity contribution in [2.24, 2.45) is 0 Å². The van der Waals surface area contributed by atoms with E-state index in [-0.39, 0.29) is 17.3 Å². The van der Waals surface area contributed by atoms with Gasteiger partial charge in [0.15, 0.2) is 5.82 Å². The maximum absolute atomic E-state index is 13.2. The van der Waals surface area contributed by atoms with Gasteiger partial charge in [-0.25, -0.2) is 9.97 Å². The molecule has 0 saturated heterocycles. The van der Waals surface area contributed by atoms with Gasteiger partial charge in [-0.05, 0) is 18.2 Å². The van der Waals surface area contributed by atoms with Crippen molar-refractivity contribution in [3.63, 3.8) is 0 Å². The van der Waals surface area contributed by atoms with Crippen LogP contribution in [-0.2, 0) is 12.7 Å². The summed E-state index contributed by atoms with van der Waals surface area (Å²) >= 11 is 0. The molecular formula is C17H12F3N5O. The number of aromatic nitrogens is 4. The number of alkyl halides is 3. The first-order valence-corrected chi connectivity index (χ1v) is 7.79. The third kappa shape index (κ3) is 2.81. The monoisotopic (exact) mass is 359 g/mol. The number of amides is 1. The van der Waals surface area contributed by atoms with Gasteiger partial charge in [0.25, 0.3) is 5.91 Å². The topological polar surface area (TPSA) is 72.7 Å². The van der Waals surface area contributed by atoms with Gasteiger partial charge in [-0.3, -0.25) is 9.48 Å². The van der Waals surface area contributed by atoms with Crippen LogP contribution in [0.2, 0.25) is 0 Å². The molecule has 9 heteroatoms. The van der Waals surface area contributed by atoms with Gasteiger partial charge in [-0.2, -0.15) is 18.3 Å². The zero-order valence-electron chi connectivity index (χ0n) is 13.3. The zero-order chi connectivity index (χ0) is 18.3. The van der Waals surface area contributed by atoms with Crippen molar-refractivity contribution >= 4 is 5.91 Å². The molecule has 6 nitrogen and oxygen atoms in total. The summed E-state index contributed by atoms with van der Waals surface area (Å²) in [7, 11) is 0. The highest BCUT2D eigenvalue weighted by Gasteiger charge is 2.34. The minimum atomic E-state index is -4.51. The highest BCUT2D eigenvalue weighted by Crippen LogP contribution is 2.36. The molecule has 3 heterocycles. The predicted octanol–water partition coefficient (Wildman–Crippen LogP) is 2.77. The molecule has 1 aliphatic heterocycles. The van der Waals surface area contributed by atoms with E-state index in [1.165, 1.54) is 24.4 Å². The van der Waals surface area contributed by atoms with Gasteiger partial charge in [0.2, 0.25) is 0 Å². The Morgan fingerprint density at radius 1 is 1.12 bits per heavy atom. The largest absolute Gasteiger partial charge is 0.417 e. The number of carbonyl (C=O) groups is 1. The molecule has 3 aromatic rings. The Balaban J connectivity index is 1.79. The predicted molar refractivity (Wildman–Crippen MR) is 86.0 cm³/mol. The molecule has 1 amide bonds. The molecule has 1 aromatic carbocycles. The molecular weight excluding hydrogens is 347 g/mol. The molecule has 0 aliphatic carbocycles. The fourth-order valence-electron chi connectivity index (χ4n) is 2.82. The van der Waals surface area contributed by atoms with E-state index in [0.717, 1.165) is 6.07 Å². The average Bonchev–Trinajstić information content (AvgIpc) is 3.07. The quantitative estimate of drug-likeness (QED) is 0.764. The van der Waals surface area contributed by atoms with Gasteiger partial charge >= 0.3 is 6.18 Å². The van der Waals surface area contributed by atoms with Crippen LogP contribution in [0.15, 0.2) is 42.6 Å². The fourth-order valence-corrected chi connectivity index (χ4v) is 2.82. The summed E-state index contributed by atoms with van der Waals surface area (Å²) in [5, 5.41) is 7.03. The second-order valence-electron chi connectivity index (χ2n) is 5.70. The first kappa shape index (κ1) is 16.2. The molecule has 132 valence electrons. The highest BCUT2D eigenvalue weighted by molar-refractivity contribution is 5.94. The Morgan fingerprint density at radius 2 is 1.92 bits per heavy atom. The number of carbonyl (C=O) groups excluding carboxylic acids is 1. The van der Waals surface area contributed by atoms with Gasteiger partial charge in [-0.15, -0.1) is 0 Å². The Kier molecular flexibility index (Phi) is 3.71. The van der Waals surface area contributed by atoms with E-state index in [1.807, 2.05) is 0 Å². The Hall–Kier alpha value is -3.23. The number of halogens is 3. The summed E-state index contributed by atoms with van der Waals surface area (Å²) in [5.74, 6) is -0.294. The van der Waals surface area contributed by atoms with E-state index in [4.69, 9.17) is 0 Å². The lowest BCUT2D eigenvalue weighted by Crippen LogP contribution is -2.35. The van der Waals surface area contributed by atoms with E-state index in [1.54, 1.807) is 16.8 Å². The lowest BCUT2D eigenvalue weighted by molar-refractivity contribution is -0.137. The number of nitrogens with one attached hydrogen (secondary N) is 1. The average molecular weight is 359 g/mol.